The van der Waals surface area contributed by atoms with E-state index in [1.54, 1.807) is 13.3 Å². The third-order valence-electron chi connectivity index (χ3n) is 4.50. The van der Waals surface area contributed by atoms with Gasteiger partial charge in [0.25, 0.3) is 0 Å². The van der Waals surface area contributed by atoms with Crippen LogP contribution >= 0.6 is 23.1 Å². The van der Waals surface area contributed by atoms with Crippen LogP contribution in [0.1, 0.15) is 48.0 Å². The lowest BCUT2D eigenvalue weighted by Crippen LogP contribution is -2.18. The first-order valence-electron chi connectivity index (χ1n) is 9.15. The highest BCUT2D eigenvalue weighted by molar-refractivity contribution is 7.99. The Bertz CT molecular complexity index is 831. The molecule has 2 aromatic heterocycles. The molecule has 0 aliphatic heterocycles. The van der Waals surface area contributed by atoms with E-state index in [1.807, 2.05) is 11.5 Å². The smallest absolute Gasteiger partial charge is 0.341 e. The zero-order valence-electron chi connectivity index (χ0n) is 15.8. The molecule has 0 spiro atoms. The van der Waals surface area contributed by atoms with Crippen LogP contribution in [-0.4, -0.2) is 39.0 Å². The number of nitrogens with zero attached hydrogens (tertiary/aromatic N) is 3. The molecule has 0 saturated carbocycles. The Morgan fingerprint density at radius 2 is 2.26 bits per heavy atom. The highest BCUT2D eigenvalue weighted by atomic mass is 32.2. The molecule has 2 heterocycles. The first-order valence-corrected chi connectivity index (χ1v) is 11.0. The van der Waals surface area contributed by atoms with Gasteiger partial charge in [-0.2, -0.15) is 0 Å². The minimum atomic E-state index is -0.349. The number of hydrogen-bond donors (Lipinski definition) is 1. The second-order valence-electron chi connectivity index (χ2n) is 6.51. The van der Waals surface area contributed by atoms with Crippen molar-refractivity contribution < 1.29 is 14.3 Å². The summed E-state index contributed by atoms with van der Waals surface area (Å²) < 4.78 is 7.12. The summed E-state index contributed by atoms with van der Waals surface area (Å²) in [6.45, 7) is 7.06. The Morgan fingerprint density at radius 1 is 1.44 bits per heavy atom. The third-order valence-corrected chi connectivity index (χ3v) is 6.65. The molecule has 2 aromatic rings. The fourth-order valence-electron chi connectivity index (χ4n) is 3.12. The predicted molar refractivity (Wildman–Crippen MR) is 107 cm³/mol. The lowest BCUT2D eigenvalue weighted by atomic mass is 9.88. The number of aromatic nitrogens is 3. The summed E-state index contributed by atoms with van der Waals surface area (Å²) in [5.74, 6) is 0.284. The average Bonchev–Trinajstić information content (AvgIpc) is 3.23. The number of nitrogens with one attached hydrogen (secondary N) is 1. The van der Waals surface area contributed by atoms with Crippen molar-refractivity contribution in [2.75, 3.05) is 17.7 Å². The standard InChI is InChI=1S/C18H24N4O3S2/c1-4-22-10-19-21-18(22)26-9-14(23)20-16-15(17(24)25-5-2)12-7-6-11(3)8-13(12)27-16/h10-11H,4-9H2,1-3H3,(H,20,23)/t11-/m0/s1. The lowest BCUT2D eigenvalue weighted by molar-refractivity contribution is -0.113. The largest absolute Gasteiger partial charge is 0.462 e. The van der Waals surface area contributed by atoms with E-state index in [9.17, 15) is 9.59 Å². The third kappa shape index (κ3) is 4.52. The molecule has 1 aliphatic carbocycles. The van der Waals surface area contributed by atoms with Crippen LogP contribution in [-0.2, 0) is 28.9 Å². The number of fused-ring (bicyclic) bond motifs is 1. The van der Waals surface area contributed by atoms with Crippen molar-refractivity contribution in [3.05, 3.63) is 22.3 Å². The van der Waals surface area contributed by atoms with E-state index in [-0.39, 0.29) is 17.6 Å². The predicted octanol–water partition coefficient (Wildman–Crippen LogP) is 3.39. The molecule has 1 atom stereocenters. The van der Waals surface area contributed by atoms with E-state index in [4.69, 9.17) is 4.74 Å². The molecule has 0 bridgehead atoms. The molecular formula is C18H24N4O3S2. The number of esters is 1. The number of carbonyl (C=O) groups is 2. The monoisotopic (exact) mass is 408 g/mol. The van der Waals surface area contributed by atoms with Gasteiger partial charge in [-0.1, -0.05) is 18.7 Å². The van der Waals surface area contributed by atoms with Gasteiger partial charge in [-0.3, -0.25) is 4.79 Å². The minimum Gasteiger partial charge on any atom is -0.462 e. The Morgan fingerprint density at radius 3 is 3.00 bits per heavy atom. The molecule has 1 N–H and O–H groups in total. The number of anilines is 1. The van der Waals surface area contributed by atoms with Gasteiger partial charge in [-0.25, -0.2) is 4.79 Å². The van der Waals surface area contributed by atoms with Crippen LogP contribution in [0.15, 0.2) is 11.5 Å². The van der Waals surface area contributed by atoms with Gasteiger partial charge in [0.1, 0.15) is 11.3 Å². The number of thioether (sulfide) groups is 1. The van der Waals surface area contributed by atoms with Gasteiger partial charge in [0.2, 0.25) is 5.91 Å². The number of rotatable bonds is 7. The van der Waals surface area contributed by atoms with Crippen LogP contribution in [0.4, 0.5) is 5.00 Å². The fraction of sp³-hybridized carbons (Fsp3) is 0.556. The van der Waals surface area contributed by atoms with Crippen LogP contribution in [0.3, 0.4) is 0 Å². The molecule has 7 nitrogen and oxygen atoms in total. The number of carbonyl (C=O) groups excluding carboxylic acids is 2. The van der Waals surface area contributed by atoms with Gasteiger partial charge in [-0.15, -0.1) is 21.5 Å². The first kappa shape index (κ1) is 19.9. The maximum absolute atomic E-state index is 12.5. The van der Waals surface area contributed by atoms with Crippen molar-refractivity contribution in [2.24, 2.45) is 5.92 Å². The van der Waals surface area contributed by atoms with Gasteiger partial charge in [0.05, 0.1) is 17.9 Å². The summed E-state index contributed by atoms with van der Waals surface area (Å²) >= 11 is 2.84. The highest BCUT2D eigenvalue weighted by Crippen LogP contribution is 2.40. The normalized spacial score (nSPS) is 16.0. The van der Waals surface area contributed by atoms with Crippen LogP contribution in [0.5, 0.6) is 0 Å². The van der Waals surface area contributed by atoms with Crippen molar-refractivity contribution in [2.45, 2.75) is 51.7 Å². The van der Waals surface area contributed by atoms with E-state index in [1.165, 1.54) is 28.0 Å². The summed E-state index contributed by atoms with van der Waals surface area (Å²) in [5.41, 5.74) is 1.59. The van der Waals surface area contributed by atoms with Gasteiger partial charge in [0.15, 0.2) is 5.16 Å². The SMILES string of the molecule is CCOC(=O)c1c(NC(=O)CSc2nncn2CC)sc2c1CC[C@H](C)C2. The fourth-order valence-corrected chi connectivity index (χ4v) is 5.32. The average molecular weight is 409 g/mol. The summed E-state index contributed by atoms with van der Waals surface area (Å²) in [6, 6.07) is 0. The van der Waals surface area contributed by atoms with Gasteiger partial charge < -0.3 is 14.6 Å². The summed E-state index contributed by atoms with van der Waals surface area (Å²) in [5, 5.41) is 12.1. The molecule has 0 aromatic carbocycles. The molecule has 0 fully saturated rings. The first-order chi connectivity index (χ1) is 13.0. The summed E-state index contributed by atoms with van der Waals surface area (Å²) in [4.78, 5) is 26.2. The molecule has 0 unspecified atom stereocenters. The van der Waals surface area contributed by atoms with Crippen molar-refractivity contribution in [3.8, 4) is 0 Å². The molecule has 1 amide bonds. The number of amides is 1. The van der Waals surface area contributed by atoms with Gasteiger partial charge in [0, 0.05) is 11.4 Å². The summed E-state index contributed by atoms with van der Waals surface area (Å²) in [7, 11) is 0. The zero-order chi connectivity index (χ0) is 19.4. The Kier molecular flexibility index (Phi) is 6.54. The minimum absolute atomic E-state index is 0.164. The Hall–Kier alpha value is -1.87. The second kappa shape index (κ2) is 8.88. The second-order valence-corrected chi connectivity index (χ2v) is 8.56. The topological polar surface area (TPSA) is 86.1 Å². The van der Waals surface area contributed by atoms with Crippen LogP contribution in [0, 0.1) is 5.92 Å². The summed E-state index contributed by atoms with van der Waals surface area (Å²) in [6.07, 6.45) is 4.49. The number of aryl methyl sites for hydroxylation is 1. The van der Waals surface area contributed by atoms with Crippen LogP contribution in [0.25, 0.3) is 0 Å². The van der Waals surface area contributed by atoms with Crippen molar-refractivity contribution >= 4 is 40.0 Å². The van der Waals surface area contributed by atoms with E-state index in [2.05, 4.69) is 22.4 Å². The van der Waals surface area contributed by atoms with Crippen molar-refractivity contribution in [1.82, 2.24) is 14.8 Å². The molecule has 0 saturated heterocycles. The lowest BCUT2D eigenvalue weighted by Gasteiger charge is -2.18. The molecule has 27 heavy (non-hydrogen) atoms. The molecule has 0 radical (unpaired) electrons. The quantitative estimate of drug-likeness (QED) is 0.558. The van der Waals surface area contributed by atoms with Gasteiger partial charge in [-0.05, 0) is 44.6 Å². The number of thiophene rings is 1. The maximum Gasteiger partial charge on any atom is 0.341 e. The molecule has 9 heteroatoms. The highest BCUT2D eigenvalue weighted by Gasteiger charge is 2.29. The molecule has 146 valence electrons. The Labute approximate surface area is 166 Å². The maximum atomic E-state index is 12.5. The number of hydrogen-bond acceptors (Lipinski definition) is 7. The van der Waals surface area contributed by atoms with E-state index >= 15 is 0 Å². The van der Waals surface area contributed by atoms with Gasteiger partial charge >= 0.3 is 5.97 Å². The Balaban J connectivity index is 1.75. The van der Waals surface area contributed by atoms with E-state index in [0.29, 0.717) is 28.2 Å². The van der Waals surface area contributed by atoms with Crippen LogP contribution < -0.4 is 5.32 Å². The van der Waals surface area contributed by atoms with Crippen molar-refractivity contribution in [3.63, 3.8) is 0 Å². The van der Waals surface area contributed by atoms with Crippen molar-refractivity contribution in [1.29, 1.82) is 0 Å². The molecular weight excluding hydrogens is 384 g/mol. The molecule has 1 aliphatic rings. The van der Waals surface area contributed by atoms with E-state index < -0.39 is 0 Å². The zero-order valence-corrected chi connectivity index (χ0v) is 17.4. The van der Waals surface area contributed by atoms with Crippen LogP contribution in [0.2, 0.25) is 0 Å². The molecule has 3 rings (SSSR count). The number of ether oxygens (including phenoxy) is 1. The van der Waals surface area contributed by atoms with E-state index in [0.717, 1.165) is 31.4 Å².